The second kappa shape index (κ2) is 5.73. The second-order valence-electron chi connectivity index (χ2n) is 7.95. The SMILES string of the molecule is CC(C)(C)C1CCN(C2CCCc3ccccc3C2O)C1. The first-order chi connectivity index (χ1) is 9.97. The van der Waals surface area contributed by atoms with Crippen LogP contribution in [0.1, 0.15) is 57.3 Å². The smallest absolute Gasteiger partial charge is 0.0947 e. The van der Waals surface area contributed by atoms with Crippen molar-refractivity contribution in [1.29, 1.82) is 0 Å². The van der Waals surface area contributed by atoms with Crippen LogP contribution in [0.3, 0.4) is 0 Å². The van der Waals surface area contributed by atoms with Crippen LogP contribution in [0.4, 0.5) is 0 Å². The van der Waals surface area contributed by atoms with Crippen LogP contribution in [0, 0.1) is 11.3 Å². The normalized spacial score (nSPS) is 31.0. The Kier molecular flexibility index (Phi) is 4.11. The molecule has 3 rings (SSSR count). The third-order valence-electron chi connectivity index (χ3n) is 5.60. The number of fused-ring (bicyclic) bond motifs is 1. The second-order valence-corrected chi connectivity index (χ2v) is 7.95. The number of aliphatic hydroxyl groups is 1. The summed E-state index contributed by atoms with van der Waals surface area (Å²) in [5, 5.41) is 10.9. The van der Waals surface area contributed by atoms with E-state index in [9.17, 15) is 5.11 Å². The van der Waals surface area contributed by atoms with Crippen molar-refractivity contribution in [3.63, 3.8) is 0 Å². The highest BCUT2D eigenvalue weighted by atomic mass is 16.3. The number of aliphatic hydroxyl groups excluding tert-OH is 1. The van der Waals surface area contributed by atoms with E-state index in [0.717, 1.165) is 31.8 Å². The Hall–Kier alpha value is -0.860. The molecule has 1 aromatic rings. The van der Waals surface area contributed by atoms with Crippen LogP contribution in [-0.2, 0) is 6.42 Å². The van der Waals surface area contributed by atoms with E-state index in [4.69, 9.17) is 0 Å². The molecular formula is C19H29NO. The highest BCUT2D eigenvalue weighted by molar-refractivity contribution is 5.31. The lowest BCUT2D eigenvalue weighted by Gasteiger charge is -2.33. The predicted octanol–water partition coefficient (Wildman–Crippen LogP) is 3.79. The molecule has 0 bridgehead atoms. The van der Waals surface area contributed by atoms with E-state index >= 15 is 0 Å². The maximum absolute atomic E-state index is 10.9. The highest BCUT2D eigenvalue weighted by Gasteiger charge is 2.38. The number of aryl methyl sites for hydroxylation is 1. The summed E-state index contributed by atoms with van der Waals surface area (Å²) in [6, 6.07) is 8.77. The Labute approximate surface area is 129 Å². The molecule has 2 nitrogen and oxygen atoms in total. The van der Waals surface area contributed by atoms with Gasteiger partial charge in [0, 0.05) is 12.6 Å². The molecule has 2 aliphatic rings. The lowest BCUT2D eigenvalue weighted by Crippen LogP contribution is -2.38. The van der Waals surface area contributed by atoms with Crippen LogP contribution >= 0.6 is 0 Å². The van der Waals surface area contributed by atoms with Crippen molar-refractivity contribution in [1.82, 2.24) is 4.90 Å². The van der Waals surface area contributed by atoms with E-state index in [2.05, 4.69) is 49.9 Å². The molecule has 0 amide bonds. The fourth-order valence-corrected chi connectivity index (χ4v) is 4.09. The maximum Gasteiger partial charge on any atom is 0.0947 e. The quantitative estimate of drug-likeness (QED) is 0.794. The van der Waals surface area contributed by atoms with E-state index in [0.29, 0.717) is 11.5 Å². The summed E-state index contributed by atoms with van der Waals surface area (Å²) in [6.07, 6.45) is 4.37. The van der Waals surface area contributed by atoms with E-state index < -0.39 is 0 Å². The third kappa shape index (κ3) is 3.02. The Bertz CT molecular complexity index is 491. The number of hydrogen-bond donors (Lipinski definition) is 1. The molecule has 1 heterocycles. The molecule has 1 saturated heterocycles. The van der Waals surface area contributed by atoms with Crippen molar-refractivity contribution in [3.05, 3.63) is 35.4 Å². The molecular weight excluding hydrogens is 258 g/mol. The van der Waals surface area contributed by atoms with Crippen molar-refractivity contribution in [3.8, 4) is 0 Å². The summed E-state index contributed by atoms with van der Waals surface area (Å²) in [7, 11) is 0. The minimum atomic E-state index is -0.317. The molecule has 0 spiro atoms. The predicted molar refractivity (Wildman–Crippen MR) is 87.3 cm³/mol. The van der Waals surface area contributed by atoms with Crippen molar-refractivity contribution < 1.29 is 5.11 Å². The average molecular weight is 287 g/mol. The lowest BCUT2D eigenvalue weighted by molar-refractivity contribution is 0.0523. The number of benzene rings is 1. The van der Waals surface area contributed by atoms with Crippen molar-refractivity contribution in [2.45, 2.75) is 58.6 Å². The maximum atomic E-state index is 10.9. The van der Waals surface area contributed by atoms with Gasteiger partial charge < -0.3 is 5.11 Å². The van der Waals surface area contributed by atoms with Gasteiger partial charge in [0.05, 0.1) is 6.10 Å². The van der Waals surface area contributed by atoms with Crippen molar-refractivity contribution in [2.75, 3.05) is 13.1 Å². The molecule has 1 N–H and O–H groups in total. The van der Waals surface area contributed by atoms with Gasteiger partial charge in [-0.25, -0.2) is 0 Å². The minimum Gasteiger partial charge on any atom is -0.387 e. The number of nitrogens with zero attached hydrogens (tertiary/aromatic N) is 1. The fraction of sp³-hybridized carbons (Fsp3) is 0.684. The third-order valence-corrected chi connectivity index (χ3v) is 5.60. The van der Waals surface area contributed by atoms with Gasteiger partial charge in [0.1, 0.15) is 0 Å². The van der Waals surface area contributed by atoms with Crippen LogP contribution in [0.25, 0.3) is 0 Å². The van der Waals surface area contributed by atoms with Crippen LogP contribution in [0.5, 0.6) is 0 Å². The van der Waals surface area contributed by atoms with Crippen LogP contribution < -0.4 is 0 Å². The average Bonchev–Trinajstić information content (AvgIpc) is 2.87. The van der Waals surface area contributed by atoms with Gasteiger partial charge >= 0.3 is 0 Å². The molecule has 0 radical (unpaired) electrons. The number of rotatable bonds is 1. The van der Waals surface area contributed by atoms with E-state index in [1.807, 2.05) is 0 Å². The largest absolute Gasteiger partial charge is 0.387 e. The molecule has 0 aromatic heterocycles. The summed E-state index contributed by atoms with van der Waals surface area (Å²) in [6.45, 7) is 9.33. The molecule has 2 heteroatoms. The summed E-state index contributed by atoms with van der Waals surface area (Å²) in [4.78, 5) is 2.56. The van der Waals surface area contributed by atoms with Gasteiger partial charge in [0.25, 0.3) is 0 Å². The molecule has 21 heavy (non-hydrogen) atoms. The first-order valence-corrected chi connectivity index (χ1v) is 8.47. The summed E-state index contributed by atoms with van der Waals surface area (Å²) < 4.78 is 0. The lowest BCUT2D eigenvalue weighted by atomic mass is 9.80. The Morgan fingerprint density at radius 2 is 1.90 bits per heavy atom. The summed E-state index contributed by atoms with van der Waals surface area (Å²) >= 11 is 0. The zero-order valence-electron chi connectivity index (χ0n) is 13.7. The Balaban J connectivity index is 1.78. The van der Waals surface area contributed by atoms with Crippen molar-refractivity contribution in [2.24, 2.45) is 11.3 Å². The molecule has 3 unspecified atom stereocenters. The van der Waals surface area contributed by atoms with Gasteiger partial charge in [-0.2, -0.15) is 0 Å². The van der Waals surface area contributed by atoms with Gasteiger partial charge in [0.15, 0.2) is 0 Å². The monoisotopic (exact) mass is 287 g/mol. The Morgan fingerprint density at radius 1 is 1.14 bits per heavy atom. The molecule has 116 valence electrons. The first kappa shape index (κ1) is 15.1. The van der Waals surface area contributed by atoms with Crippen LogP contribution in [0.2, 0.25) is 0 Å². The van der Waals surface area contributed by atoms with E-state index in [1.165, 1.54) is 24.0 Å². The van der Waals surface area contributed by atoms with Gasteiger partial charge in [-0.05, 0) is 54.7 Å². The van der Waals surface area contributed by atoms with Gasteiger partial charge in [-0.3, -0.25) is 4.90 Å². The summed E-state index contributed by atoms with van der Waals surface area (Å²) in [5.41, 5.74) is 2.89. The molecule has 1 fully saturated rings. The summed E-state index contributed by atoms with van der Waals surface area (Å²) in [5.74, 6) is 0.753. The molecule has 3 atom stereocenters. The van der Waals surface area contributed by atoms with Crippen LogP contribution in [0.15, 0.2) is 24.3 Å². The Morgan fingerprint density at radius 3 is 2.62 bits per heavy atom. The van der Waals surface area contributed by atoms with Gasteiger partial charge in [0.2, 0.25) is 0 Å². The highest BCUT2D eigenvalue weighted by Crippen LogP contribution is 2.38. The van der Waals surface area contributed by atoms with Crippen LogP contribution in [-0.4, -0.2) is 29.1 Å². The van der Waals surface area contributed by atoms with E-state index in [1.54, 1.807) is 0 Å². The first-order valence-electron chi connectivity index (χ1n) is 8.47. The number of hydrogen-bond acceptors (Lipinski definition) is 2. The molecule has 1 aliphatic heterocycles. The zero-order chi connectivity index (χ0) is 15.0. The fourth-order valence-electron chi connectivity index (χ4n) is 4.09. The molecule has 1 aromatic carbocycles. The molecule has 0 saturated carbocycles. The van der Waals surface area contributed by atoms with Crippen molar-refractivity contribution >= 4 is 0 Å². The van der Waals surface area contributed by atoms with Gasteiger partial charge in [-0.1, -0.05) is 45.0 Å². The number of likely N-dealkylation sites (tertiary alicyclic amines) is 1. The molecule has 1 aliphatic carbocycles. The van der Waals surface area contributed by atoms with Gasteiger partial charge in [-0.15, -0.1) is 0 Å². The zero-order valence-corrected chi connectivity index (χ0v) is 13.7. The standard InChI is InChI=1S/C19H29NO/c1-19(2,3)15-11-12-20(13-15)17-10-6-8-14-7-4-5-9-16(14)18(17)21/h4-5,7,9,15,17-18,21H,6,8,10-13H2,1-3H3. The minimum absolute atomic E-state index is 0.306. The van der Waals surface area contributed by atoms with E-state index in [-0.39, 0.29) is 6.10 Å². The topological polar surface area (TPSA) is 23.5 Å².